The van der Waals surface area contributed by atoms with Crippen molar-refractivity contribution in [1.29, 1.82) is 0 Å². The zero-order chi connectivity index (χ0) is 13.9. The average molecular weight is 252 g/mol. The molecule has 0 saturated carbocycles. The Kier molecular flexibility index (Phi) is 5.29. The van der Waals surface area contributed by atoms with Gasteiger partial charge in [0.25, 0.3) is 0 Å². The van der Waals surface area contributed by atoms with Gasteiger partial charge < -0.3 is 10.2 Å². The van der Waals surface area contributed by atoms with Gasteiger partial charge in [0.1, 0.15) is 0 Å². The molecule has 2 N–H and O–H groups in total. The lowest BCUT2D eigenvalue weighted by Gasteiger charge is -2.30. The van der Waals surface area contributed by atoms with E-state index in [-0.39, 0.29) is 17.6 Å². The molecular formula is C15H24O3. The smallest absolute Gasteiger partial charge is 0.158 e. The van der Waals surface area contributed by atoms with Crippen LogP contribution in [0.3, 0.4) is 0 Å². The van der Waals surface area contributed by atoms with Crippen LogP contribution in [-0.2, 0) is 4.79 Å². The van der Waals surface area contributed by atoms with Crippen LogP contribution in [0.15, 0.2) is 23.8 Å². The largest absolute Gasteiger partial charge is 0.389 e. The topological polar surface area (TPSA) is 57.5 Å². The summed E-state index contributed by atoms with van der Waals surface area (Å²) in [6.45, 7) is 9.30. The molecule has 1 rings (SSSR count). The first-order valence-electron chi connectivity index (χ1n) is 6.56. The second-order valence-electron chi connectivity index (χ2n) is 5.55. The van der Waals surface area contributed by atoms with E-state index >= 15 is 0 Å². The zero-order valence-electron chi connectivity index (χ0n) is 11.5. The molecule has 0 heterocycles. The van der Waals surface area contributed by atoms with Crippen molar-refractivity contribution < 1.29 is 15.0 Å². The molecule has 1 aliphatic rings. The van der Waals surface area contributed by atoms with E-state index in [1.807, 2.05) is 6.92 Å². The van der Waals surface area contributed by atoms with Crippen molar-refractivity contribution in [1.82, 2.24) is 0 Å². The van der Waals surface area contributed by atoms with Gasteiger partial charge in [-0.25, -0.2) is 0 Å². The van der Waals surface area contributed by atoms with E-state index in [0.717, 1.165) is 12.0 Å². The first-order valence-corrected chi connectivity index (χ1v) is 6.56. The van der Waals surface area contributed by atoms with Gasteiger partial charge in [0.15, 0.2) is 5.78 Å². The number of allylic oxidation sites excluding steroid dienone is 1. The summed E-state index contributed by atoms with van der Waals surface area (Å²) in [6.07, 6.45) is 2.46. The highest BCUT2D eigenvalue weighted by atomic mass is 16.3. The maximum Gasteiger partial charge on any atom is 0.158 e. The molecule has 102 valence electrons. The minimum atomic E-state index is -0.542. The van der Waals surface area contributed by atoms with Crippen LogP contribution >= 0.6 is 0 Å². The molecular weight excluding hydrogens is 228 g/mol. The Hall–Kier alpha value is -0.930. The van der Waals surface area contributed by atoms with E-state index < -0.39 is 12.2 Å². The molecule has 0 aromatic rings. The number of hydrogen-bond donors (Lipinski definition) is 2. The molecule has 0 aromatic heterocycles. The number of Topliss-reactive ketones (excluding diaryl/α,β-unsaturated/α-hetero) is 1. The third-order valence-electron chi connectivity index (χ3n) is 3.92. The number of carbonyl (C=O) groups excluding carboxylic acids is 1. The molecule has 0 saturated heterocycles. The summed E-state index contributed by atoms with van der Waals surface area (Å²) < 4.78 is 0. The molecule has 0 radical (unpaired) electrons. The molecule has 3 heteroatoms. The summed E-state index contributed by atoms with van der Waals surface area (Å²) in [5.74, 6) is 0.304. The van der Waals surface area contributed by atoms with Crippen molar-refractivity contribution in [3.63, 3.8) is 0 Å². The quantitative estimate of drug-likeness (QED) is 0.738. The van der Waals surface area contributed by atoms with Crippen LogP contribution in [0.1, 0.15) is 40.0 Å². The maximum absolute atomic E-state index is 11.7. The first kappa shape index (κ1) is 15.1. The number of rotatable bonds is 5. The van der Waals surface area contributed by atoms with Crippen molar-refractivity contribution in [3.05, 3.63) is 23.8 Å². The van der Waals surface area contributed by atoms with E-state index in [1.165, 1.54) is 0 Å². The van der Waals surface area contributed by atoms with E-state index in [4.69, 9.17) is 0 Å². The molecule has 18 heavy (non-hydrogen) atoms. The number of aliphatic hydroxyl groups excluding tert-OH is 2. The van der Waals surface area contributed by atoms with Crippen molar-refractivity contribution in [2.45, 2.75) is 52.2 Å². The molecule has 4 atom stereocenters. The van der Waals surface area contributed by atoms with Crippen molar-refractivity contribution in [2.24, 2.45) is 11.8 Å². The number of hydrogen-bond acceptors (Lipinski definition) is 3. The van der Waals surface area contributed by atoms with E-state index in [0.29, 0.717) is 18.4 Å². The van der Waals surface area contributed by atoms with Crippen molar-refractivity contribution in [2.75, 3.05) is 0 Å². The highest BCUT2D eigenvalue weighted by Gasteiger charge is 2.31. The second-order valence-corrected chi connectivity index (χ2v) is 5.55. The minimum Gasteiger partial charge on any atom is -0.389 e. The van der Waals surface area contributed by atoms with Gasteiger partial charge in [-0.2, -0.15) is 0 Å². The SMILES string of the molecule is C=C(C)C(O)CCC(C)C1CC(=O)C(C)=CC1O. The summed E-state index contributed by atoms with van der Waals surface area (Å²) in [6, 6.07) is 0. The second kappa shape index (κ2) is 6.30. The Morgan fingerprint density at radius 1 is 1.56 bits per heavy atom. The highest BCUT2D eigenvalue weighted by Crippen LogP contribution is 2.30. The van der Waals surface area contributed by atoms with Gasteiger partial charge in [-0.3, -0.25) is 4.79 Å². The summed E-state index contributed by atoms with van der Waals surface area (Å²) in [5, 5.41) is 19.7. The van der Waals surface area contributed by atoms with Crippen LogP contribution in [-0.4, -0.2) is 28.2 Å². The van der Waals surface area contributed by atoms with Crippen LogP contribution in [0, 0.1) is 11.8 Å². The van der Waals surface area contributed by atoms with Crippen molar-refractivity contribution in [3.8, 4) is 0 Å². The van der Waals surface area contributed by atoms with Gasteiger partial charge in [0.2, 0.25) is 0 Å². The summed E-state index contributed by atoms with van der Waals surface area (Å²) in [5.41, 5.74) is 1.42. The fourth-order valence-electron chi connectivity index (χ4n) is 2.39. The van der Waals surface area contributed by atoms with Gasteiger partial charge in [-0.1, -0.05) is 19.1 Å². The predicted octanol–water partition coefficient (Wildman–Crippen LogP) is 2.24. The molecule has 0 bridgehead atoms. The maximum atomic E-state index is 11.7. The molecule has 0 aliphatic heterocycles. The molecule has 0 amide bonds. The fourth-order valence-corrected chi connectivity index (χ4v) is 2.39. The lowest BCUT2D eigenvalue weighted by atomic mass is 9.77. The summed E-state index contributed by atoms with van der Waals surface area (Å²) in [7, 11) is 0. The van der Waals surface area contributed by atoms with E-state index in [1.54, 1.807) is 19.9 Å². The zero-order valence-corrected chi connectivity index (χ0v) is 11.5. The van der Waals surface area contributed by atoms with E-state index in [2.05, 4.69) is 6.58 Å². The number of carbonyl (C=O) groups is 1. The van der Waals surface area contributed by atoms with Gasteiger partial charge in [0, 0.05) is 6.42 Å². The highest BCUT2D eigenvalue weighted by molar-refractivity contribution is 5.95. The monoisotopic (exact) mass is 252 g/mol. The van der Waals surface area contributed by atoms with Gasteiger partial charge >= 0.3 is 0 Å². The normalized spacial score (nSPS) is 27.6. The Morgan fingerprint density at radius 3 is 2.72 bits per heavy atom. The van der Waals surface area contributed by atoms with Gasteiger partial charge in [-0.15, -0.1) is 0 Å². The minimum absolute atomic E-state index is 0.0291. The van der Waals surface area contributed by atoms with Gasteiger partial charge in [0.05, 0.1) is 12.2 Å². The van der Waals surface area contributed by atoms with Crippen LogP contribution in [0.2, 0.25) is 0 Å². The Labute approximate surface area is 109 Å². The van der Waals surface area contributed by atoms with Crippen LogP contribution in [0.4, 0.5) is 0 Å². The lowest BCUT2D eigenvalue weighted by molar-refractivity contribution is -0.118. The van der Waals surface area contributed by atoms with Crippen LogP contribution < -0.4 is 0 Å². The third-order valence-corrected chi connectivity index (χ3v) is 3.92. The summed E-state index contributed by atoms with van der Waals surface area (Å²) in [4.78, 5) is 11.7. The first-order chi connectivity index (χ1) is 8.32. The summed E-state index contributed by atoms with van der Waals surface area (Å²) >= 11 is 0. The molecule has 0 fully saturated rings. The van der Waals surface area contributed by atoms with Gasteiger partial charge in [-0.05, 0) is 50.2 Å². The van der Waals surface area contributed by atoms with Crippen LogP contribution in [0.25, 0.3) is 0 Å². The molecule has 3 nitrogen and oxygen atoms in total. The van der Waals surface area contributed by atoms with E-state index in [9.17, 15) is 15.0 Å². The standard InChI is InChI=1S/C15H24O3/c1-9(2)13(16)6-5-10(3)12-8-14(17)11(4)7-15(12)18/h7,10,12-13,15-16,18H,1,5-6,8H2,2-4H3. The lowest BCUT2D eigenvalue weighted by Crippen LogP contribution is -2.32. The average Bonchev–Trinajstić information content (AvgIpc) is 2.30. The Bertz CT molecular complexity index is 357. The van der Waals surface area contributed by atoms with Crippen molar-refractivity contribution >= 4 is 5.78 Å². The number of ketones is 1. The molecule has 0 aromatic carbocycles. The number of aliphatic hydroxyl groups is 2. The molecule has 1 aliphatic carbocycles. The third kappa shape index (κ3) is 3.79. The Morgan fingerprint density at radius 2 is 2.17 bits per heavy atom. The Balaban J connectivity index is 2.55. The fraction of sp³-hybridized carbons (Fsp3) is 0.667. The molecule has 4 unspecified atom stereocenters. The predicted molar refractivity (Wildman–Crippen MR) is 72.1 cm³/mol. The molecule has 0 spiro atoms. The van der Waals surface area contributed by atoms with Crippen LogP contribution in [0.5, 0.6) is 0 Å².